The van der Waals surface area contributed by atoms with Crippen molar-refractivity contribution in [1.82, 2.24) is 0 Å². The smallest absolute Gasteiger partial charge is 0.167 e. The fourth-order valence-corrected chi connectivity index (χ4v) is 2.43. The number of anilines is 2. The SMILES string of the molecule is CCOc1cc(N2CCC(OC)CC2)c(N)cc1F. The number of rotatable bonds is 4. The highest BCUT2D eigenvalue weighted by Crippen LogP contribution is 2.33. The van der Waals surface area contributed by atoms with E-state index in [0.717, 1.165) is 31.6 Å². The Labute approximate surface area is 113 Å². The van der Waals surface area contributed by atoms with Gasteiger partial charge in [-0.25, -0.2) is 4.39 Å². The highest BCUT2D eigenvalue weighted by Gasteiger charge is 2.21. The molecule has 0 bridgehead atoms. The van der Waals surface area contributed by atoms with Crippen LogP contribution in [-0.2, 0) is 4.74 Å². The molecule has 1 fully saturated rings. The maximum Gasteiger partial charge on any atom is 0.167 e. The van der Waals surface area contributed by atoms with Gasteiger partial charge in [-0.05, 0) is 19.8 Å². The van der Waals surface area contributed by atoms with E-state index in [4.69, 9.17) is 15.2 Å². The van der Waals surface area contributed by atoms with Crippen molar-refractivity contribution in [1.29, 1.82) is 0 Å². The Hall–Kier alpha value is -1.49. The average Bonchev–Trinajstić information content (AvgIpc) is 2.42. The van der Waals surface area contributed by atoms with Crippen molar-refractivity contribution in [2.24, 2.45) is 0 Å². The Bertz CT molecular complexity index is 432. The van der Waals surface area contributed by atoms with Crippen LogP contribution in [0.25, 0.3) is 0 Å². The van der Waals surface area contributed by atoms with E-state index in [0.29, 0.717) is 18.4 Å². The maximum absolute atomic E-state index is 13.7. The molecular weight excluding hydrogens is 247 g/mol. The molecule has 0 amide bonds. The third-order valence-electron chi connectivity index (χ3n) is 3.50. The van der Waals surface area contributed by atoms with E-state index in [1.165, 1.54) is 6.07 Å². The van der Waals surface area contributed by atoms with Gasteiger partial charge in [-0.3, -0.25) is 0 Å². The molecule has 0 unspecified atom stereocenters. The fourth-order valence-electron chi connectivity index (χ4n) is 2.43. The molecule has 4 nitrogen and oxygen atoms in total. The number of methoxy groups -OCH3 is 1. The average molecular weight is 268 g/mol. The summed E-state index contributed by atoms with van der Waals surface area (Å²) >= 11 is 0. The summed E-state index contributed by atoms with van der Waals surface area (Å²) in [6, 6.07) is 3.03. The van der Waals surface area contributed by atoms with E-state index in [2.05, 4.69) is 4.90 Å². The van der Waals surface area contributed by atoms with Crippen LogP contribution < -0.4 is 15.4 Å². The predicted octanol–water partition coefficient (Wildman–Crippen LogP) is 2.42. The lowest BCUT2D eigenvalue weighted by atomic mass is 10.1. The summed E-state index contributed by atoms with van der Waals surface area (Å²) in [6.07, 6.45) is 2.22. The lowest BCUT2D eigenvalue weighted by Gasteiger charge is -2.33. The van der Waals surface area contributed by atoms with Gasteiger partial charge in [-0.2, -0.15) is 0 Å². The minimum absolute atomic E-state index is 0.264. The molecule has 1 aliphatic rings. The Morgan fingerprint density at radius 3 is 2.63 bits per heavy atom. The molecule has 2 rings (SSSR count). The molecule has 0 saturated carbocycles. The molecule has 5 heteroatoms. The first-order chi connectivity index (χ1) is 9.15. The van der Waals surface area contributed by atoms with Crippen molar-refractivity contribution in [2.45, 2.75) is 25.9 Å². The standard InChI is InChI=1S/C14H21FN2O2/c1-3-19-14-9-13(12(16)8-11(14)15)17-6-4-10(18-2)5-7-17/h8-10H,3-7,16H2,1-2H3. The zero-order chi connectivity index (χ0) is 13.8. The van der Waals surface area contributed by atoms with Gasteiger partial charge in [-0.1, -0.05) is 0 Å². The molecule has 0 atom stereocenters. The summed E-state index contributed by atoms with van der Waals surface area (Å²) in [7, 11) is 1.74. The third kappa shape index (κ3) is 3.10. The van der Waals surface area contributed by atoms with Crippen LogP contribution in [0.15, 0.2) is 12.1 Å². The number of piperidine rings is 1. The fraction of sp³-hybridized carbons (Fsp3) is 0.571. The van der Waals surface area contributed by atoms with Gasteiger partial charge in [0.25, 0.3) is 0 Å². The summed E-state index contributed by atoms with van der Waals surface area (Å²) < 4.78 is 24.3. The lowest BCUT2D eigenvalue weighted by Crippen LogP contribution is -2.37. The van der Waals surface area contributed by atoms with Crippen molar-refractivity contribution < 1.29 is 13.9 Å². The molecule has 1 heterocycles. The molecule has 0 spiro atoms. The molecule has 106 valence electrons. The van der Waals surface area contributed by atoms with Crippen molar-refractivity contribution in [3.63, 3.8) is 0 Å². The van der Waals surface area contributed by atoms with E-state index >= 15 is 0 Å². The number of hydrogen-bond acceptors (Lipinski definition) is 4. The summed E-state index contributed by atoms with van der Waals surface area (Å²) in [6.45, 7) is 3.99. The first-order valence-corrected chi connectivity index (χ1v) is 6.65. The first-order valence-electron chi connectivity index (χ1n) is 6.65. The van der Waals surface area contributed by atoms with Crippen LogP contribution >= 0.6 is 0 Å². The second kappa shape index (κ2) is 6.10. The topological polar surface area (TPSA) is 47.7 Å². The number of benzene rings is 1. The van der Waals surface area contributed by atoms with Crippen LogP contribution in [0, 0.1) is 5.82 Å². The molecule has 1 aliphatic heterocycles. The van der Waals surface area contributed by atoms with Gasteiger partial charge in [0.05, 0.1) is 24.1 Å². The van der Waals surface area contributed by atoms with E-state index in [1.807, 2.05) is 6.92 Å². The molecule has 19 heavy (non-hydrogen) atoms. The molecular formula is C14H21FN2O2. The number of ether oxygens (including phenoxy) is 2. The molecule has 1 saturated heterocycles. The van der Waals surface area contributed by atoms with E-state index in [9.17, 15) is 4.39 Å². The predicted molar refractivity (Wildman–Crippen MR) is 74.2 cm³/mol. The van der Waals surface area contributed by atoms with Crippen LogP contribution in [0.5, 0.6) is 5.75 Å². The molecule has 0 radical (unpaired) electrons. The van der Waals surface area contributed by atoms with Crippen LogP contribution in [0.2, 0.25) is 0 Å². The second-order valence-electron chi connectivity index (χ2n) is 4.70. The van der Waals surface area contributed by atoms with Gasteiger partial charge in [0.2, 0.25) is 0 Å². The van der Waals surface area contributed by atoms with Crippen LogP contribution in [0.4, 0.5) is 15.8 Å². The van der Waals surface area contributed by atoms with Crippen LogP contribution in [-0.4, -0.2) is 32.9 Å². The summed E-state index contributed by atoms with van der Waals surface area (Å²) in [5, 5.41) is 0. The van der Waals surface area contributed by atoms with E-state index < -0.39 is 5.82 Å². The van der Waals surface area contributed by atoms with Crippen LogP contribution in [0.3, 0.4) is 0 Å². The highest BCUT2D eigenvalue weighted by atomic mass is 19.1. The highest BCUT2D eigenvalue weighted by molar-refractivity contribution is 5.70. The van der Waals surface area contributed by atoms with Gasteiger partial charge < -0.3 is 20.1 Å². The van der Waals surface area contributed by atoms with Gasteiger partial charge in [0.1, 0.15) is 0 Å². The van der Waals surface area contributed by atoms with Crippen LogP contribution in [0.1, 0.15) is 19.8 Å². The van der Waals surface area contributed by atoms with Crippen molar-refractivity contribution >= 4 is 11.4 Å². The lowest BCUT2D eigenvalue weighted by molar-refractivity contribution is 0.0819. The third-order valence-corrected chi connectivity index (χ3v) is 3.50. The number of halogens is 1. The van der Waals surface area contributed by atoms with Crippen molar-refractivity contribution in [2.75, 3.05) is 37.4 Å². The zero-order valence-electron chi connectivity index (χ0n) is 11.5. The summed E-state index contributed by atoms with van der Waals surface area (Å²) in [5.74, 6) is -0.143. The molecule has 1 aromatic carbocycles. The van der Waals surface area contributed by atoms with E-state index in [-0.39, 0.29) is 5.75 Å². The van der Waals surface area contributed by atoms with Gasteiger partial charge in [-0.15, -0.1) is 0 Å². The Morgan fingerprint density at radius 1 is 1.37 bits per heavy atom. The molecule has 2 N–H and O–H groups in total. The Kier molecular flexibility index (Phi) is 4.47. The normalized spacial score (nSPS) is 16.7. The minimum Gasteiger partial charge on any atom is -0.491 e. The Morgan fingerprint density at radius 2 is 2.05 bits per heavy atom. The second-order valence-corrected chi connectivity index (χ2v) is 4.70. The summed E-state index contributed by atoms with van der Waals surface area (Å²) in [4.78, 5) is 2.16. The van der Waals surface area contributed by atoms with E-state index in [1.54, 1.807) is 13.2 Å². The van der Waals surface area contributed by atoms with Gasteiger partial charge in [0.15, 0.2) is 11.6 Å². The first kappa shape index (κ1) is 13.9. The summed E-state index contributed by atoms with van der Waals surface area (Å²) in [5.41, 5.74) is 7.22. The van der Waals surface area contributed by atoms with Gasteiger partial charge >= 0.3 is 0 Å². The number of nitrogens with zero attached hydrogens (tertiary/aromatic N) is 1. The number of hydrogen-bond donors (Lipinski definition) is 1. The largest absolute Gasteiger partial charge is 0.491 e. The van der Waals surface area contributed by atoms with Crippen molar-refractivity contribution in [3.8, 4) is 5.75 Å². The minimum atomic E-state index is -0.408. The van der Waals surface area contributed by atoms with Crippen molar-refractivity contribution in [3.05, 3.63) is 17.9 Å². The van der Waals surface area contributed by atoms with Gasteiger partial charge in [0, 0.05) is 32.3 Å². The maximum atomic E-state index is 13.7. The monoisotopic (exact) mass is 268 g/mol. The molecule has 1 aromatic rings. The Balaban J connectivity index is 2.17. The molecule has 0 aromatic heterocycles. The zero-order valence-corrected chi connectivity index (χ0v) is 11.5. The quantitative estimate of drug-likeness (QED) is 0.852. The number of nitrogens with two attached hydrogens (primary N) is 1. The molecule has 0 aliphatic carbocycles. The number of nitrogen functional groups attached to an aromatic ring is 1.